The van der Waals surface area contributed by atoms with Crippen LogP contribution in [0.1, 0.15) is 25.0 Å². The Bertz CT molecular complexity index is 401. The minimum Gasteiger partial charge on any atom is -0.469 e. The van der Waals surface area contributed by atoms with E-state index in [9.17, 15) is 4.79 Å². The summed E-state index contributed by atoms with van der Waals surface area (Å²) >= 11 is 0. The lowest BCUT2D eigenvalue weighted by atomic mass is 10.0. The van der Waals surface area contributed by atoms with Gasteiger partial charge in [0.1, 0.15) is 0 Å². The van der Waals surface area contributed by atoms with Crippen LogP contribution in [0.4, 0.5) is 5.69 Å². The summed E-state index contributed by atoms with van der Waals surface area (Å²) in [4.78, 5) is 11.4. The summed E-state index contributed by atoms with van der Waals surface area (Å²) in [5, 5.41) is 3.37. The molecule has 0 fully saturated rings. The number of benzene rings is 1. The first-order chi connectivity index (χ1) is 7.97. The average Bonchev–Trinajstić information content (AvgIpc) is 2.32. The molecule has 0 radical (unpaired) electrons. The van der Waals surface area contributed by atoms with Crippen molar-refractivity contribution >= 4 is 11.7 Å². The number of carbonyl (C=O) groups is 1. The normalized spacial score (nSPS) is 13.9. The third-order valence-electron chi connectivity index (χ3n) is 3.31. The Morgan fingerprint density at radius 3 is 2.53 bits per heavy atom. The molecule has 0 heterocycles. The van der Waals surface area contributed by atoms with Gasteiger partial charge < -0.3 is 10.1 Å². The highest BCUT2D eigenvalue weighted by molar-refractivity contribution is 5.73. The molecule has 0 aliphatic carbocycles. The minimum absolute atomic E-state index is 0.0444. The molecule has 2 atom stereocenters. The molecule has 1 aromatic rings. The second-order valence-electron chi connectivity index (χ2n) is 4.49. The van der Waals surface area contributed by atoms with Crippen LogP contribution in [0.3, 0.4) is 0 Å². The Kier molecular flexibility index (Phi) is 4.55. The van der Waals surface area contributed by atoms with E-state index in [0.717, 1.165) is 5.69 Å². The molecule has 1 aromatic carbocycles. The summed E-state index contributed by atoms with van der Waals surface area (Å²) in [5.41, 5.74) is 3.54. The predicted molar refractivity (Wildman–Crippen MR) is 70.2 cm³/mol. The van der Waals surface area contributed by atoms with Crippen molar-refractivity contribution in [3.8, 4) is 0 Å². The first-order valence-corrected chi connectivity index (χ1v) is 5.88. The molecule has 3 heteroatoms. The summed E-state index contributed by atoms with van der Waals surface area (Å²) in [5.74, 6) is -0.352. The second-order valence-corrected chi connectivity index (χ2v) is 4.49. The van der Waals surface area contributed by atoms with Gasteiger partial charge in [-0.05, 0) is 44.9 Å². The molecule has 1 rings (SSSR count). The van der Waals surface area contributed by atoms with Crippen molar-refractivity contribution in [2.45, 2.75) is 33.7 Å². The van der Waals surface area contributed by atoms with Gasteiger partial charge in [0.05, 0.1) is 13.0 Å². The van der Waals surface area contributed by atoms with Crippen LogP contribution in [0.2, 0.25) is 0 Å². The van der Waals surface area contributed by atoms with Gasteiger partial charge in [-0.1, -0.05) is 12.1 Å². The highest BCUT2D eigenvalue weighted by Crippen LogP contribution is 2.20. The molecule has 0 saturated carbocycles. The fourth-order valence-electron chi connectivity index (χ4n) is 1.67. The molecule has 0 aromatic heterocycles. The van der Waals surface area contributed by atoms with Gasteiger partial charge >= 0.3 is 5.97 Å². The maximum Gasteiger partial charge on any atom is 0.310 e. The lowest BCUT2D eigenvalue weighted by Gasteiger charge is -2.22. The molecule has 0 aliphatic rings. The zero-order valence-corrected chi connectivity index (χ0v) is 11.2. The summed E-state index contributed by atoms with van der Waals surface area (Å²) in [6, 6.07) is 6.17. The molecule has 17 heavy (non-hydrogen) atoms. The van der Waals surface area contributed by atoms with E-state index in [1.54, 1.807) is 0 Å². The van der Waals surface area contributed by atoms with Gasteiger partial charge in [-0.3, -0.25) is 4.79 Å². The van der Waals surface area contributed by atoms with Crippen molar-refractivity contribution in [3.63, 3.8) is 0 Å². The van der Waals surface area contributed by atoms with Crippen LogP contribution >= 0.6 is 0 Å². The van der Waals surface area contributed by atoms with Crippen LogP contribution in [0.25, 0.3) is 0 Å². The van der Waals surface area contributed by atoms with Crippen LogP contribution in [0, 0.1) is 19.8 Å². The van der Waals surface area contributed by atoms with E-state index in [-0.39, 0.29) is 17.9 Å². The van der Waals surface area contributed by atoms with Gasteiger partial charge in [-0.2, -0.15) is 0 Å². The van der Waals surface area contributed by atoms with Gasteiger partial charge in [0, 0.05) is 11.7 Å². The number of hydrogen-bond donors (Lipinski definition) is 1. The molecule has 0 saturated heterocycles. The zero-order valence-electron chi connectivity index (χ0n) is 11.2. The lowest BCUT2D eigenvalue weighted by Crippen LogP contribution is -2.31. The summed E-state index contributed by atoms with van der Waals surface area (Å²) < 4.78 is 4.75. The molecular weight excluding hydrogens is 214 g/mol. The van der Waals surface area contributed by atoms with Crippen molar-refractivity contribution < 1.29 is 9.53 Å². The maximum atomic E-state index is 11.4. The Labute approximate surface area is 103 Å². The van der Waals surface area contributed by atoms with Crippen LogP contribution in [-0.4, -0.2) is 19.1 Å². The van der Waals surface area contributed by atoms with E-state index < -0.39 is 0 Å². The van der Waals surface area contributed by atoms with Crippen molar-refractivity contribution in [1.29, 1.82) is 0 Å². The number of anilines is 1. The molecule has 0 spiro atoms. The fraction of sp³-hybridized carbons (Fsp3) is 0.500. The third-order valence-corrected chi connectivity index (χ3v) is 3.31. The fourth-order valence-corrected chi connectivity index (χ4v) is 1.67. The van der Waals surface area contributed by atoms with Gasteiger partial charge in [0.25, 0.3) is 0 Å². The predicted octanol–water partition coefficient (Wildman–Crippen LogP) is 2.91. The first kappa shape index (κ1) is 13.6. The van der Waals surface area contributed by atoms with Crippen LogP contribution in [0.15, 0.2) is 18.2 Å². The van der Waals surface area contributed by atoms with Gasteiger partial charge in [-0.15, -0.1) is 0 Å². The number of carbonyl (C=O) groups excluding carboxylic acids is 1. The largest absolute Gasteiger partial charge is 0.469 e. The molecule has 0 aliphatic heterocycles. The number of methoxy groups -OCH3 is 1. The Morgan fingerprint density at radius 2 is 1.94 bits per heavy atom. The Balaban J connectivity index is 2.77. The first-order valence-electron chi connectivity index (χ1n) is 5.88. The summed E-state index contributed by atoms with van der Waals surface area (Å²) in [7, 11) is 1.42. The number of aryl methyl sites for hydroxylation is 1. The smallest absolute Gasteiger partial charge is 0.310 e. The number of esters is 1. The quantitative estimate of drug-likeness (QED) is 0.815. The number of nitrogens with one attached hydrogen (secondary N) is 1. The topological polar surface area (TPSA) is 38.3 Å². The van der Waals surface area contributed by atoms with Crippen molar-refractivity contribution in [2.75, 3.05) is 12.4 Å². The second kappa shape index (κ2) is 5.71. The van der Waals surface area contributed by atoms with E-state index in [2.05, 4.69) is 25.2 Å². The summed E-state index contributed by atoms with van der Waals surface area (Å²) in [6.45, 7) is 8.01. The number of hydrogen-bond acceptors (Lipinski definition) is 3. The van der Waals surface area contributed by atoms with Crippen molar-refractivity contribution in [1.82, 2.24) is 0 Å². The molecule has 94 valence electrons. The molecule has 0 bridgehead atoms. The van der Waals surface area contributed by atoms with E-state index in [0.29, 0.717) is 0 Å². The van der Waals surface area contributed by atoms with Crippen molar-refractivity contribution in [3.05, 3.63) is 29.3 Å². The maximum absolute atomic E-state index is 11.4. The molecule has 3 nitrogen and oxygen atoms in total. The summed E-state index contributed by atoms with van der Waals surface area (Å²) in [6.07, 6.45) is 0. The standard InChI is InChI=1S/C14H21NO2/c1-9-7-6-8-13(10(9)2)15-12(4)11(3)14(16)17-5/h6-8,11-12,15H,1-5H3. The van der Waals surface area contributed by atoms with Crippen LogP contribution < -0.4 is 5.32 Å². The van der Waals surface area contributed by atoms with Crippen LogP contribution in [-0.2, 0) is 9.53 Å². The van der Waals surface area contributed by atoms with E-state index in [1.807, 2.05) is 26.0 Å². The molecule has 2 unspecified atom stereocenters. The molecule has 0 amide bonds. The van der Waals surface area contributed by atoms with Gasteiger partial charge in [0.2, 0.25) is 0 Å². The monoisotopic (exact) mass is 235 g/mol. The van der Waals surface area contributed by atoms with Gasteiger partial charge in [0.15, 0.2) is 0 Å². The van der Waals surface area contributed by atoms with Gasteiger partial charge in [-0.25, -0.2) is 0 Å². The third kappa shape index (κ3) is 3.22. The van der Waals surface area contributed by atoms with Crippen molar-refractivity contribution in [2.24, 2.45) is 5.92 Å². The minimum atomic E-state index is -0.185. The molecular formula is C14H21NO2. The highest BCUT2D eigenvalue weighted by Gasteiger charge is 2.21. The van der Waals surface area contributed by atoms with E-state index in [1.165, 1.54) is 18.2 Å². The van der Waals surface area contributed by atoms with Crippen LogP contribution in [0.5, 0.6) is 0 Å². The molecule has 1 N–H and O–H groups in total. The Morgan fingerprint density at radius 1 is 1.29 bits per heavy atom. The zero-order chi connectivity index (χ0) is 13.0. The number of rotatable bonds is 4. The lowest BCUT2D eigenvalue weighted by molar-refractivity contribution is -0.145. The van der Waals surface area contributed by atoms with E-state index in [4.69, 9.17) is 4.74 Å². The SMILES string of the molecule is COC(=O)C(C)C(C)Nc1cccc(C)c1C. The highest BCUT2D eigenvalue weighted by atomic mass is 16.5. The number of ether oxygens (including phenoxy) is 1. The Hall–Kier alpha value is -1.51. The van der Waals surface area contributed by atoms with E-state index >= 15 is 0 Å². The average molecular weight is 235 g/mol.